The Kier molecular flexibility index (Phi) is 5.51. The molecule has 0 radical (unpaired) electrons. The molecule has 2 aliphatic heterocycles. The number of fused-ring (bicyclic) bond motifs is 1. The van der Waals surface area contributed by atoms with Crippen molar-refractivity contribution in [3.63, 3.8) is 0 Å². The van der Waals surface area contributed by atoms with Crippen LogP contribution in [0, 0.1) is 5.92 Å². The molecule has 0 atom stereocenters. The Bertz CT molecular complexity index is 669. The average molecular weight is 411 g/mol. The van der Waals surface area contributed by atoms with Crippen LogP contribution in [0.1, 0.15) is 19.4 Å². The van der Waals surface area contributed by atoms with Crippen molar-refractivity contribution >= 4 is 27.7 Å². The van der Waals surface area contributed by atoms with Gasteiger partial charge in [0.1, 0.15) is 13.2 Å². The third-order valence-electron chi connectivity index (χ3n) is 4.49. The van der Waals surface area contributed by atoms with Crippen LogP contribution in [0.15, 0.2) is 16.6 Å². The normalized spacial score (nSPS) is 17.0. The molecule has 6 nitrogen and oxygen atoms in total. The Labute approximate surface area is 156 Å². The number of amides is 2. The van der Waals surface area contributed by atoms with E-state index in [0.29, 0.717) is 57.3 Å². The van der Waals surface area contributed by atoms with Gasteiger partial charge in [-0.25, -0.2) is 0 Å². The topological polar surface area (TPSA) is 59.1 Å². The number of ether oxygens (including phenoxy) is 2. The van der Waals surface area contributed by atoms with Crippen LogP contribution in [-0.2, 0) is 16.0 Å². The van der Waals surface area contributed by atoms with Gasteiger partial charge >= 0.3 is 0 Å². The van der Waals surface area contributed by atoms with Crippen LogP contribution >= 0.6 is 15.9 Å². The molecule has 1 aromatic carbocycles. The summed E-state index contributed by atoms with van der Waals surface area (Å²) in [6, 6.07) is 3.73. The van der Waals surface area contributed by atoms with Gasteiger partial charge in [-0.1, -0.05) is 29.8 Å². The SMILES string of the molecule is CC(C)C(=O)N1CCN(C(=O)Cc2cc3c(cc2Br)OCCO3)CC1. The van der Waals surface area contributed by atoms with Crippen molar-refractivity contribution in [3.05, 3.63) is 22.2 Å². The van der Waals surface area contributed by atoms with E-state index in [9.17, 15) is 9.59 Å². The lowest BCUT2D eigenvalue weighted by Gasteiger charge is -2.35. The van der Waals surface area contributed by atoms with Crippen molar-refractivity contribution in [1.82, 2.24) is 9.80 Å². The van der Waals surface area contributed by atoms with Gasteiger partial charge in [-0.2, -0.15) is 0 Å². The molecule has 0 unspecified atom stereocenters. The summed E-state index contributed by atoms with van der Waals surface area (Å²) in [7, 11) is 0. The molecule has 1 saturated heterocycles. The fraction of sp³-hybridized carbons (Fsp3) is 0.556. The van der Waals surface area contributed by atoms with Gasteiger partial charge < -0.3 is 19.3 Å². The first kappa shape index (κ1) is 18.0. The van der Waals surface area contributed by atoms with Gasteiger partial charge in [-0.15, -0.1) is 0 Å². The molecule has 0 bridgehead atoms. The molecule has 1 aromatic rings. The summed E-state index contributed by atoms with van der Waals surface area (Å²) >= 11 is 3.51. The number of nitrogens with zero attached hydrogens (tertiary/aromatic N) is 2. The minimum atomic E-state index is -0.00378. The Morgan fingerprint density at radius 2 is 1.60 bits per heavy atom. The maximum atomic E-state index is 12.6. The van der Waals surface area contributed by atoms with Crippen molar-refractivity contribution in [2.45, 2.75) is 20.3 Å². The van der Waals surface area contributed by atoms with Crippen LogP contribution in [0.25, 0.3) is 0 Å². The molecule has 1 fully saturated rings. The van der Waals surface area contributed by atoms with E-state index < -0.39 is 0 Å². The van der Waals surface area contributed by atoms with Gasteiger partial charge in [-0.3, -0.25) is 9.59 Å². The molecular formula is C18H23BrN2O4. The van der Waals surface area contributed by atoms with Crippen molar-refractivity contribution in [3.8, 4) is 11.5 Å². The first-order valence-electron chi connectivity index (χ1n) is 8.60. The zero-order valence-electron chi connectivity index (χ0n) is 14.6. The molecule has 3 rings (SSSR count). The molecule has 0 N–H and O–H groups in total. The van der Waals surface area contributed by atoms with Crippen LogP contribution in [-0.4, -0.2) is 61.0 Å². The van der Waals surface area contributed by atoms with E-state index in [2.05, 4.69) is 15.9 Å². The Morgan fingerprint density at radius 3 is 2.20 bits per heavy atom. The van der Waals surface area contributed by atoms with E-state index in [1.54, 1.807) is 0 Å². The number of hydrogen-bond donors (Lipinski definition) is 0. The molecule has 7 heteroatoms. The zero-order chi connectivity index (χ0) is 18.0. The van der Waals surface area contributed by atoms with E-state index in [4.69, 9.17) is 9.47 Å². The first-order chi connectivity index (χ1) is 12.0. The quantitative estimate of drug-likeness (QED) is 0.765. The van der Waals surface area contributed by atoms with Crippen LogP contribution < -0.4 is 9.47 Å². The van der Waals surface area contributed by atoms with Gasteiger partial charge in [0, 0.05) is 36.6 Å². The molecule has 2 heterocycles. The molecule has 25 heavy (non-hydrogen) atoms. The Balaban J connectivity index is 1.61. The highest BCUT2D eigenvalue weighted by Gasteiger charge is 2.26. The molecule has 0 spiro atoms. The van der Waals surface area contributed by atoms with Gasteiger partial charge in [0.2, 0.25) is 11.8 Å². The van der Waals surface area contributed by atoms with Crippen molar-refractivity contribution in [2.24, 2.45) is 5.92 Å². The van der Waals surface area contributed by atoms with Crippen LogP contribution in [0.4, 0.5) is 0 Å². The second-order valence-corrected chi connectivity index (χ2v) is 7.48. The van der Waals surface area contributed by atoms with E-state index >= 15 is 0 Å². The fourth-order valence-electron chi connectivity index (χ4n) is 3.06. The summed E-state index contributed by atoms with van der Waals surface area (Å²) in [5, 5.41) is 0. The van der Waals surface area contributed by atoms with Gasteiger partial charge in [0.15, 0.2) is 11.5 Å². The maximum absolute atomic E-state index is 12.6. The third-order valence-corrected chi connectivity index (χ3v) is 5.23. The Hall–Kier alpha value is -1.76. The van der Waals surface area contributed by atoms with Crippen molar-refractivity contribution < 1.29 is 19.1 Å². The van der Waals surface area contributed by atoms with Crippen molar-refractivity contribution in [1.29, 1.82) is 0 Å². The number of hydrogen-bond acceptors (Lipinski definition) is 4. The number of rotatable bonds is 3. The molecule has 2 amide bonds. The van der Waals surface area contributed by atoms with Crippen LogP contribution in [0.2, 0.25) is 0 Å². The standard InChI is InChI=1S/C18H23BrN2O4/c1-12(2)18(23)21-5-3-20(4-6-21)17(22)10-13-9-15-16(11-14(13)19)25-8-7-24-15/h9,11-12H,3-8,10H2,1-2H3. The predicted octanol–water partition coefficient (Wildman–Crippen LogP) is 2.09. The summed E-state index contributed by atoms with van der Waals surface area (Å²) in [4.78, 5) is 28.3. The lowest BCUT2D eigenvalue weighted by atomic mass is 10.1. The molecular weight excluding hydrogens is 388 g/mol. The molecule has 0 aromatic heterocycles. The Morgan fingerprint density at radius 1 is 1.04 bits per heavy atom. The number of halogens is 1. The third kappa shape index (κ3) is 4.08. The van der Waals surface area contributed by atoms with Gasteiger partial charge in [0.25, 0.3) is 0 Å². The second kappa shape index (κ2) is 7.64. The summed E-state index contributed by atoms with van der Waals surface area (Å²) in [6.45, 7) is 7.23. The highest BCUT2D eigenvalue weighted by atomic mass is 79.9. The summed E-state index contributed by atoms with van der Waals surface area (Å²) in [6.07, 6.45) is 0.301. The summed E-state index contributed by atoms with van der Waals surface area (Å²) in [5.74, 6) is 1.60. The lowest BCUT2D eigenvalue weighted by Crippen LogP contribution is -2.51. The first-order valence-corrected chi connectivity index (χ1v) is 9.39. The second-order valence-electron chi connectivity index (χ2n) is 6.62. The summed E-state index contributed by atoms with van der Waals surface area (Å²) < 4.78 is 12.0. The minimum Gasteiger partial charge on any atom is -0.486 e. The zero-order valence-corrected chi connectivity index (χ0v) is 16.2. The molecule has 0 saturated carbocycles. The van der Waals surface area contributed by atoms with Crippen LogP contribution in [0.3, 0.4) is 0 Å². The number of carbonyl (C=O) groups is 2. The molecule has 2 aliphatic rings. The predicted molar refractivity (Wildman–Crippen MR) is 96.8 cm³/mol. The monoisotopic (exact) mass is 410 g/mol. The maximum Gasteiger partial charge on any atom is 0.227 e. The van der Waals surface area contributed by atoms with Crippen molar-refractivity contribution in [2.75, 3.05) is 39.4 Å². The molecule has 0 aliphatic carbocycles. The highest BCUT2D eigenvalue weighted by Crippen LogP contribution is 2.35. The van der Waals surface area contributed by atoms with Gasteiger partial charge in [-0.05, 0) is 17.7 Å². The average Bonchev–Trinajstić information content (AvgIpc) is 2.61. The number of carbonyl (C=O) groups excluding carboxylic acids is 2. The van der Waals surface area contributed by atoms with Crippen LogP contribution in [0.5, 0.6) is 11.5 Å². The fourth-order valence-corrected chi connectivity index (χ4v) is 3.52. The minimum absolute atomic E-state index is 0.00378. The highest BCUT2D eigenvalue weighted by molar-refractivity contribution is 9.10. The smallest absolute Gasteiger partial charge is 0.227 e. The number of benzene rings is 1. The van der Waals surface area contributed by atoms with E-state index in [1.807, 2.05) is 35.8 Å². The largest absolute Gasteiger partial charge is 0.486 e. The van der Waals surface area contributed by atoms with Gasteiger partial charge in [0.05, 0.1) is 6.42 Å². The number of piperazine rings is 1. The lowest BCUT2D eigenvalue weighted by molar-refractivity contribution is -0.141. The summed E-state index contributed by atoms with van der Waals surface area (Å²) in [5.41, 5.74) is 0.884. The van der Waals surface area contributed by atoms with E-state index in [0.717, 1.165) is 10.0 Å². The van der Waals surface area contributed by atoms with E-state index in [-0.39, 0.29) is 17.7 Å². The van der Waals surface area contributed by atoms with E-state index in [1.165, 1.54) is 0 Å². The molecule has 136 valence electrons.